The summed E-state index contributed by atoms with van der Waals surface area (Å²) in [6.07, 6.45) is 0. The van der Waals surface area contributed by atoms with Gasteiger partial charge in [-0.3, -0.25) is 4.79 Å². The number of hydrogen-bond donors (Lipinski definition) is 2. The Bertz CT molecular complexity index is 688. The van der Waals surface area contributed by atoms with E-state index in [2.05, 4.69) is 10.3 Å². The summed E-state index contributed by atoms with van der Waals surface area (Å²) in [5.74, 6) is 0.0363. The molecule has 1 aliphatic rings. The third kappa shape index (κ3) is 1.73. The summed E-state index contributed by atoms with van der Waals surface area (Å²) in [5.41, 5.74) is 9.06. The van der Waals surface area contributed by atoms with Gasteiger partial charge in [-0.05, 0) is 38.5 Å². The van der Waals surface area contributed by atoms with E-state index in [1.165, 1.54) is 11.3 Å². The van der Waals surface area contributed by atoms with Gasteiger partial charge in [0.1, 0.15) is 0 Å². The van der Waals surface area contributed by atoms with Crippen LogP contribution in [0.4, 0.5) is 10.8 Å². The Morgan fingerprint density at radius 3 is 2.74 bits per heavy atom. The fraction of sp³-hybridized carbons (Fsp3) is 0.286. The Labute approximate surface area is 115 Å². The van der Waals surface area contributed by atoms with E-state index in [0.717, 1.165) is 27.4 Å². The van der Waals surface area contributed by atoms with Crippen LogP contribution in [0.5, 0.6) is 0 Å². The van der Waals surface area contributed by atoms with E-state index in [4.69, 9.17) is 5.73 Å². The first-order valence-corrected chi connectivity index (χ1v) is 6.90. The molecule has 3 N–H and O–H groups in total. The largest absolute Gasteiger partial charge is 0.375 e. The molecule has 4 nitrogen and oxygen atoms in total. The zero-order chi connectivity index (χ0) is 13.8. The van der Waals surface area contributed by atoms with Crippen molar-refractivity contribution in [1.29, 1.82) is 0 Å². The summed E-state index contributed by atoms with van der Waals surface area (Å²) >= 11 is 1.48. The molecular weight excluding hydrogens is 258 g/mol. The number of carbonyl (C=O) groups excluding carboxylic acids is 1. The minimum Gasteiger partial charge on any atom is -0.375 e. The first-order chi connectivity index (χ1) is 8.89. The third-order valence-electron chi connectivity index (χ3n) is 3.60. The number of nitrogens with zero attached hydrogens (tertiary/aromatic N) is 1. The number of rotatable bonds is 1. The van der Waals surface area contributed by atoms with Crippen molar-refractivity contribution < 1.29 is 4.79 Å². The lowest BCUT2D eigenvalue weighted by Gasteiger charge is -2.15. The van der Waals surface area contributed by atoms with Crippen molar-refractivity contribution >= 4 is 28.1 Å². The van der Waals surface area contributed by atoms with Gasteiger partial charge in [-0.1, -0.05) is 6.07 Å². The second kappa shape index (κ2) is 3.81. The molecule has 0 bridgehead atoms. The maximum Gasteiger partial charge on any atom is 0.234 e. The van der Waals surface area contributed by atoms with Crippen LogP contribution in [0.1, 0.15) is 24.3 Å². The van der Waals surface area contributed by atoms with Gasteiger partial charge in [0, 0.05) is 16.1 Å². The number of nitrogen functional groups attached to an aromatic ring is 1. The van der Waals surface area contributed by atoms with Crippen LogP contribution < -0.4 is 11.1 Å². The molecule has 0 radical (unpaired) electrons. The number of amides is 1. The lowest BCUT2D eigenvalue weighted by Crippen LogP contribution is -2.26. The van der Waals surface area contributed by atoms with Gasteiger partial charge in [-0.2, -0.15) is 0 Å². The normalized spacial score (nSPS) is 16.3. The van der Waals surface area contributed by atoms with E-state index >= 15 is 0 Å². The van der Waals surface area contributed by atoms with Crippen LogP contribution >= 0.6 is 11.3 Å². The Hall–Kier alpha value is -1.88. The van der Waals surface area contributed by atoms with Crippen LogP contribution in [-0.4, -0.2) is 10.9 Å². The van der Waals surface area contributed by atoms with E-state index in [1.54, 1.807) is 0 Å². The highest BCUT2D eigenvalue weighted by Gasteiger charge is 2.38. The zero-order valence-corrected chi connectivity index (χ0v) is 11.9. The molecule has 1 aliphatic heterocycles. The monoisotopic (exact) mass is 273 g/mol. The summed E-state index contributed by atoms with van der Waals surface area (Å²) in [6, 6.07) is 5.95. The molecule has 5 heteroatoms. The minimum absolute atomic E-state index is 0.0363. The Kier molecular flexibility index (Phi) is 2.44. The average Bonchev–Trinajstić information content (AvgIpc) is 2.78. The van der Waals surface area contributed by atoms with Crippen molar-refractivity contribution in [3.05, 3.63) is 28.6 Å². The molecule has 2 aromatic rings. The molecule has 1 aromatic heterocycles. The number of aryl methyl sites for hydroxylation is 1. The maximum atomic E-state index is 11.9. The van der Waals surface area contributed by atoms with Crippen molar-refractivity contribution in [2.24, 2.45) is 0 Å². The lowest BCUT2D eigenvalue weighted by atomic mass is 9.85. The molecule has 0 spiro atoms. The number of aromatic nitrogens is 1. The topological polar surface area (TPSA) is 68.0 Å². The van der Waals surface area contributed by atoms with Crippen molar-refractivity contribution in [3.8, 4) is 11.3 Å². The van der Waals surface area contributed by atoms with E-state index < -0.39 is 5.41 Å². The molecule has 0 aliphatic carbocycles. The number of carbonyl (C=O) groups is 1. The number of nitrogens with two attached hydrogens (primary N) is 1. The molecular formula is C14H15N3OS. The summed E-state index contributed by atoms with van der Waals surface area (Å²) in [5, 5.41) is 3.48. The molecule has 2 heterocycles. The van der Waals surface area contributed by atoms with E-state index in [0.29, 0.717) is 5.13 Å². The molecule has 0 saturated heterocycles. The molecule has 1 aromatic carbocycles. The van der Waals surface area contributed by atoms with E-state index in [9.17, 15) is 4.79 Å². The Balaban J connectivity index is 2.16. The van der Waals surface area contributed by atoms with Crippen molar-refractivity contribution in [1.82, 2.24) is 4.98 Å². The molecule has 0 atom stereocenters. The van der Waals surface area contributed by atoms with Crippen molar-refractivity contribution in [3.63, 3.8) is 0 Å². The second-order valence-electron chi connectivity index (χ2n) is 5.30. The number of anilines is 2. The van der Waals surface area contributed by atoms with Crippen LogP contribution in [0.25, 0.3) is 11.3 Å². The maximum absolute atomic E-state index is 11.9. The molecule has 1 amide bonds. The number of fused-ring (bicyclic) bond motifs is 1. The molecule has 3 rings (SSSR count). The van der Waals surface area contributed by atoms with E-state index in [1.807, 2.05) is 39.0 Å². The van der Waals surface area contributed by atoms with Gasteiger partial charge in [0.05, 0.1) is 11.1 Å². The predicted molar refractivity (Wildman–Crippen MR) is 78.4 cm³/mol. The van der Waals surface area contributed by atoms with Crippen molar-refractivity contribution in [2.45, 2.75) is 26.2 Å². The fourth-order valence-corrected chi connectivity index (χ4v) is 3.11. The molecule has 0 saturated carbocycles. The third-order valence-corrected chi connectivity index (χ3v) is 4.40. The van der Waals surface area contributed by atoms with Crippen LogP contribution in [0, 0.1) is 6.92 Å². The summed E-state index contributed by atoms with van der Waals surface area (Å²) < 4.78 is 0. The first kappa shape index (κ1) is 12.2. The zero-order valence-electron chi connectivity index (χ0n) is 11.1. The van der Waals surface area contributed by atoms with Crippen LogP contribution in [-0.2, 0) is 10.2 Å². The smallest absolute Gasteiger partial charge is 0.234 e. The fourth-order valence-electron chi connectivity index (χ4n) is 2.40. The SMILES string of the molecule is Cc1sc(N)nc1-c1ccc2c(c1)C(C)(C)C(=O)N2. The van der Waals surface area contributed by atoms with Gasteiger partial charge in [-0.15, -0.1) is 11.3 Å². The van der Waals surface area contributed by atoms with Crippen LogP contribution in [0.15, 0.2) is 18.2 Å². The number of thiazole rings is 1. The summed E-state index contributed by atoms with van der Waals surface area (Å²) in [6.45, 7) is 5.87. The van der Waals surface area contributed by atoms with Crippen molar-refractivity contribution in [2.75, 3.05) is 11.1 Å². The van der Waals surface area contributed by atoms with Crippen LogP contribution in [0.2, 0.25) is 0 Å². The van der Waals surface area contributed by atoms with Gasteiger partial charge in [0.25, 0.3) is 0 Å². The predicted octanol–water partition coefficient (Wildman–Crippen LogP) is 2.93. The standard InChI is InChI=1S/C14H15N3OS/c1-7-11(17-13(15)19-7)8-4-5-10-9(6-8)14(2,3)12(18)16-10/h4-6H,1-3H3,(H2,15,17)(H,16,18). The summed E-state index contributed by atoms with van der Waals surface area (Å²) in [7, 11) is 0. The average molecular weight is 273 g/mol. The quantitative estimate of drug-likeness (QED) is 0.839. The molecule has 19 heavy (non-hydrogen) atoms. The van der Waals surface area contributed by atoms with Gasteiger partial charge < -0.3 is 11.1 Å². The molecule has 0 unspecified atom stereocenters. The van der Waals surface area contributed by atoms with E-state index in [-0.39, 0.29) is 5.91 Å². The highest BCUT2D eigenvalue weighted by Crippen LogP contribution is 2.40. The highest BCUT2D eigenvalue weighted by molar-refractivity contribution is 7.15. The highest BCUT2D eigenvalue weighted by atomic mass is 32.1. The number of benzene rings is 1. The molecule has 98 valence electrons. The Morgan fingerprint density at radius 1 is 1.37 bits per heavy atom. The van der Waals surface area contributed by atoms with Crippen LogP contribution in [0.3, 0.4) is 0 Å². The Morgan fingerprint density at radius 2 is 2.11 bits per heavy atom. The minimum atomic E-state index is -0.499. The summed E-state index contributed by atoms with van der Waals surface area (Å²) in [4.78, 5) is 17.4. The van der Waals surface area contributed by atoms with Gasteiger partial charge >= 0.3 is 0 Å². The first-order valence-electron chi connectivity index (χ1n) is 6.09. The second-order valence-corrected chi connectivity index (χ2v) is 6.53. The lowest BCUT2D eigenvalue weighted by molar-refractivity contribution is -0.119. The van der Waals surface area contributed by atoms with Gasteiger partial charge in [-0.25, -0.2) is 4.98 Å². The molecule has 0 fully saturated rings. The number of hydrogen-bond acceptors (Lipinski definition) is 4. The number of nitrogens with one attached hydrogen (secondary N) is 1. The van der Waals surface area contributed by atoms with Gasteiger partial charge in [0.2, 0.25) is 5.91 Å². The van der Waals surface area contributed by atoms with Gasteiger partial charge in [0.15, 0.2) is 5.13 Å².